The van der Waals surface area contributed by atoms with Crippen molar-refractivity contribution in [2.45, 2.75) is 19.9 Å². The van der Waals surface area contributed by atoms with Crippen LogP contribution < -0.4 is 5.73 Å². The molecule has 0 radical (unpaired) electrons. The Kier molecular flexibility index (Phi) is 3.46. The Hall–Kier alpha value is -1.38. The van der Waals surface area contributed by atoms with Gasteiger partial charge in [-0.1, -0.05) is 29.8 Å². The predicted octanol–water partition coefficient (Wildman–Crippen LogP) is 3.40. The summed E-state index contributed by atoms with van der Waals surface area (Å²) in [5.74, 6) is 0. The van der Waals surface area contributed by atoms with Crippen LogP contribution in [0.1, 0.15) is 28.6 Å². The molecule has 1 aromatic carbocycles. The second-order valence-corrected chi connectivity index (χ2v) is 4.59. The zero-order chi connectivity index (χ0) is 12.4. The Morgan fingerprint density at radius 1 is 1.06 bits per heavy atom. The van der Waals surface area contributed by atoms with Crippen LogP contribution in [0.15, 0.2) is 36.4 Å². The number of hydrogen-bond acceptors (Lipinski definition) is 2. The summed E-state index contributed by atoms with van der Waals surface area (Å²) in [6, 6.07) is 11.5. The fraction of sp³-hybridized carbons (Fsp3) is 0.214. The van der Waals surface area contributed by atoms with Crippen molar-refractivity contribution in [3.63, 3.8) is 0 Å². The minimum atomic E-state index is -0.152. The minimum Gasteiger partial charge on any atom is -0.320 e. The van der Waals surface area contributed by atoms with E-state index in [0.717, 1.165) is 27.5 Å². The molecule has 1 heterocycles. The van der Waals surface area contributed by atoms with E-state index in [9.17, 15) is 0 Å². The SMILES string of the molecule is Cc1ccc(C(N)c2ccc(Cl)cc2)c(C)n1. The van der Waals surface area contributed by atoms with Crippen molar-refractivity contribution in [1.29, 1.82) is 0 Å². The third kappa shape index (κ3) is 2.65. The van der Waals surface area contributed by atoms with Crippen LogP contribution in [0.25, 0.3) is 0 Å². The summed E-state index contributed by atoms with van der Waals surface area (Å²) in [7, 11) is 0. The van der Waals surface area contributed by atoms with Gasteiger partial charge < -0.3 is 5.73 Å². The van der Waals surface area contributed by atoms with E-state index >= 15 is 0 Å². The molecule has 0 saturated heterocycles. The topological polar surface area (TPSA) is 38.9 Å². The Bertz CT molecular complexity index is 520. The molecule has 1 unspecified atom stereocenters. The van der Waals surface area contributed by atoms with Gasteiger partial charge in [-0.05, 0) is 43.2 Å². The maximum absolute atomic E-state index is 6.23. The van der Waals surface area contributed by atoms with Crippen LogP contribution in [0.5, 0.6) is 0 Å². The molecule has 0 aliphatic rings. The van der Waals surface area contributed by atoms with E-state index in [1.807, 2.05) is 50.2 Å². The van der Waals surface area contributed by atoms with Gasteiger partial charge in [0.2, 0.25) is 0 Å². The summed E-state index contributed by atoms with van der Waals surface area (Å²) < 4.78 is 0. The van der Waals surface area contributed by atoms with E-state index in [-0.39, 0.29) is 6.04 Å². The minimum absolute atomic E-state index is 0.152. The lowest BCUT2D eigenvalue weighted by Gasteiger charge is -2.15. The number of aromatic nitrogens is 1. The molecule has 2 nitrogen and oxygen atoms in total. The average molecular weight is 247 g/mol. The lowest BCUT2D eigenvalue weighted by molar-refractivity contribution is 0.844. The molecule has 0 aliphatic carbocycles. The molecule has 88 valence electrons. The molecule has 1 atom stereocenters. The number of nitrogens with two attached hydrogens (primary N) is 1. The van der Waals surface area contributed by atoms with E-state index in [0.29, 0.717) is 0 Å². The number of benzene rings is 1. The Labute approximate surface area is 106 Å². The van der Waals surface area contributed by atoms with Gasteiger partial charge in [-0.3, -0.25) is 4.98 Å². The fourth-order valence-electron chi connectivity index (χ4n) is 1.88. The highest BCUT2D eigenvalue weighted by Crippen LogP contribution is 2.23. The van der Waals surface area contributed by atoms with Crippen molar-refractivity contribution in [3.8, 4) is 0 Å². The van der Waals surface area contributed by atoms with Crippen molar-refractivity contribution >= 4 is 11.6 Å². The molecule has 0 bridgehead atoms. The highest BCUT2D eigenvalue weighted by Gasteiger charge is 2.11. The molecule has 0 aliphatic heterocycles. The Balaban J connectivity index is 2.36. The number of aryl methyl sites for hydroxylation is 2. The van der Waals surface area contributed by atoms with Crippen molar-refractivity contribution < 1.29 is 0 Å². The molecule has 2 rings (SSSR count). The van der Waals surface area contributed by atoms with Gasteiger partial charge >= 0.3 is 0 Å². The standard InChI is InChI=1S/C14H15ClN2/c1-9-3-8-13(10(2)17-9)14(16)11-4-6-12(15)7-5-11/h3-8,14H,16H2,1-2H3. The highest BCUT2D eigenvalue weighted by atomic mass is 35.5. The van der Waals surface area contributed by atoms with Crippen LogP contribution in [-0.2, 0) is 0 Å². The largest absolute Gasteiger partial charge is 0.320 e. The first kappa shape index (κ1) is 12.1. The number of rotatable bonds is 2. The van der Waals surface area contributed by atoms with Gasteiger partial charge in [-0.15, -0.1) is 0 Å². The lowest BCUT2D eigenvalue weighted by Crippen LogP contribution is -2.14. The van der Waals surface area contributed by atoms with Crippen LogP contribution in [0, 0.1) is 13.8 Å². The van der Waals surface area contributed by atoms with E-state index < -0.39 is 0 Å². The van der Waals surface area contributed by atoms with Gasteiger partial charge in [0.1, 0.15) is 0 Å². The fourth-order valence-corrected chi connectivity index (χ4v) is 2.00. The monoisotopic (exact) mass is 246 g/mol. The van der Waals surface area contributed by atoms with Crippen molar-refractivity contribution in [1.82, 2.24) is 4.98 Å². The van der Waals surface area contributed by atoms with Crippen molar-refractivity contribution in [2.24, 2.45) is 5.73 Å². The van der Waals surface area contributed by atoms with E-state index in [4.69, 9.17) is 17.3 Å². The van der Waals surface area contributed by atoms with Gasteiger partial charge in [0.15, 0.2) is 0 Å². The molecule has 1 aromatic heterocycles. The number of nitrogens with zero attached hydrogens (tertiary/aromatic N) is 1. The van der Waals surface area contributed by atoms with E-state index in [1.54, 1.807) is 0 Å². The predicted molar refractivity (Wildman–Crippen MR) is 71.2 cm³/mol. The first-order chi connectivity index (χ1) is 8.08. The molecular weight excluding hydrogens is 232 g/mol. The third-order valence-corrected chi connectivity index (χ3v) is 3.08. The molecule has 0 spiro atoms. The van der Waals surface area contributed by atoms with Crippen LogP contribution in [0.3, 0.4) is 0 Å². The zero-order valence-electron chi connectivity index (χ0n) is 9.94. The first-order valence-electron chi connectivity index (χ1n) is 5.53. The molecule has 0 saturated carbocycles. The quantitative estimate of drug-likeness (QED) is 0.882. The Morgan fingerprint density at radius 3 is 2.29 bits per heavy atom. The molecule has 2 N–H and O–H groups in total. The second kappa shape index (κ2) is 4.86. The number of halogens is 1. The van der Waals surface area contributed by atoms with Crippen LogP contribution in [-0.4, -0.2) is 4.98 Å². The van der Waals surface area contributed by atoms with Crippen molar-refractivity contribution in [3.05, 3.63) is 63.9 Å². The third-order valence-electron chi connectivity index (χ3n) is 2.83. The van der Waals surface area contributed by atoms with Crippen molar-refractivity contribution in [2.75, 3.05) is 0 Å². The summed E-state index contributed by atoms with van der Waals surface area (Å²) >= 11 is 5.86. The average Bonchev–Trinajstić information content (AvgIpc) is 2.29. The second-order valence-electron chi connectivity index (χ2n) is 4.16. The first-order valence-corrected chi connectivity index (χ1v) is 5.91. The van der Waals surface area contributed by atoms with Gasteiger partial charge in [0.05, 0.1) is 6.04 Å². The Morgan fingerprint density at radius 2 is 1.71 bits per heavy atom. The highest BCUT2D eigenvalue weighted by molar-refractivity contribution is 6.30. The summed E-state index contributed by atoms with van der Waals surface area (Å²) in [5, 5.41) is 0.722. The van der Waals surface area contributed by atoms with E-state index in [2.05, 4.69) is 4.98 Å². The van der Waals surface area contributed by atoms with Crippen LogP contribution in [0.2, 0.25) is 5.02 Å². The maximum Gasteiger partial charge on any atom is 0.0569 e. The van der Waals surface area contributed by atoms with Crippen LogP contribution >= 0.6 is 11.6 Å². The zero-order valence-corrected chi connectivity index (χ0v) is 10.7. The number of pyridine rings is 1. The molecule has 0 amide bonds. The molecule has 2 aromatic rings. The lowest BCUT2D eigenvalue weighted by atomic mass is 9.98. The van der Waals surface area contributed by atoms with E-state index in [1.165, 1.54) is 0 Å². The van der Waals surface area contributed by atoms with Gasteiger partial charge in [0, 0.05) is 16.4 Å². The summed E-state index contributed by atoms with van der Waals surface area (Å²) in [5.41, 5.74) is 10.3. The smallest absolute Gasteiger partial charge is 0.0569 e. The number of hydrogen-bond donors (Lipinski definition) is 1. The molecule has 17 heavy (non-hydrogen) atoms. The maximum atomic E-state index is 6.23. The summed E-state index contributed by atoms with van der Waals surface area (Å²) in [6.07, 6.45) is 0. The summed E-state index contributed by atoms with van der Waals surface area (Å²) in [6.45, 7) is 3.96. The normalized spacial score (nSPS) is 12.5. The molecule has 0 fully saturated rings. The van der Waals surface area contributed by atoms with Gasteiger partial charge in [-0.2, -0.15) is 0 Å². The molecule has 3 heteroatoms. The van der Waals surface area contributed by atoms with Gasteiger partial charge in [0.25, 0.3) is 0 Å². The molecular formula is C14H15ClN2. The van der Waals surface area contributed by atoms with Gasteiger partial charge in [-0.25, -0.2) is 0 Å². The summed E-state index contributed by atoms with van der Waals surface area (Å²) in [4.78, 5) is 4.43. The van der Waals surface area contributed by atoms with Crippen LogP contribution in [0.4, 0.5) is 0 Å².